The summed E-state index contributed by atoms with van der Waals surface area (Å²) >= 11 is 3.57. The molecule has 2 rings (SSSR count). The van der Waals surface area contributed by atoms with E-state index in [0.29, 0.717) is 13.2 Å². The molecule has 1 saturated heterocycles. The molecule has 1 N–H and O–H groups in total. The molecule has 0 amide bonds. The molecular formula is C15H22BrNO3. The number of hydrogen-bond donors (Lipinski definition) is 1. The molecule has 1 unspecified atom stereocenters. The SMILES string of the molecule is COCCNCc1cc(OC2CCCOC2)ccc1Br. The summed E-state index contributed by atoms with van der Waals surface area (Å²) in [6, 6.07) is 6.11. The molecule has 5 heteroatoms. The monoisotopic (exact) mass is 343 g/mol. The summed E-state index contributed by atoms with van der Waals surface area (Å²) in [5.74, 6) is 0.909. The van der Waals surface area contributed by atoms with Crippen molar-refractivity contribution in [3.63, 3.8) is 0 Å². The molecule has 1 aromatic carbocycles. The lowest BCUT2D eigenvalue weighted by molar-refractivity contribution is 0.00739. The zero-order valence-electron chi connectivity index (χ0n) is 11.9. The fraction of sp³-hybridized carbons (Fsp3) is 0.600. The van der Waals surface area contributed by atoms with Crippen molar-refractivity contribution in [2.45, 2.75) is 25.5 Å². The lowest BCUT2D eigenvalue weighted by Crippen LogP contribution is -2.28. The summed E-state index contributed by atoms with van der Waals surface area (Å²) in [6.07, 6.45) is 2.32. The lowest BCUT2D eigenvalue weighted by Gasteiger charge is -2.23. The summed E-state index contributed by atoms with van der Waals surface area (Å²) in [6.45, 7) is 3.90. The second-order valence-corrected chi connectivity index (χ2v) is 5.73. The molecule has 1 aliphatic heterocycles. The number of ether oxygens (including phenoxy) is 3. The molecule has 0 aliphatic carbocycles. The Morgan fingerprint density at radius 1 is 1.45 bits per heavy atom. The highest BCUT2D eigenvalue weighted by Gasteiger charge is 2.15. The van der Waals surface area contributed by atoms with Crippen LogP contribution in [0.3, 0.4) is 0 Å². The van der Waals surface area contributed by atoms with Crippen LogP contribution in [0.4, 0.5) is 0 Å². The van der Waals surface area contributed by atoms with E-state index in [0.717, 1.165) is 42.8 Å². The number of nitrogens with one attached hydrogen (secondary N) is 1. The van der Waals surface area contributed by atoms with Crippen molar-refractivity contribution in [2.24, 2.45) is 0 Å². The summed E-state index contributed by atoms with van der Waals surface area (Å²) in [5.41, 5.74) is 1.19. The minimum atomic E-state index is 0.180. The Balaban J connectivity index is 1.89. The van der Waals surface area contributed by atoms with E-state index in [9.17, 15) is 0 Å². The van der Waals surface area contributed by atoms with E-state index in [1.807, 2.05) is 12.1 Å². The number of halogens is 1. The van der Waals surface area contributed by atoms with Crippen molar-refractivity contribution < 1.29 is 14.2 Å². The van der Waals surface area contributed by atoms with Crippen molar-refractivity contribution >= 4 is 15.9 Å². The van der Waals surface area contributed by atoms with E-state index in [1.54, 1.807) is 7.11 Å². The smallest absolute Gasteiger partial charge is 0.122 e. The van der Waals surface area contributed by atoms with Crippen LogP contribution in [0, 0.1) is 0 Å². The Bertz CT molecular complexity index is 408. The highest BCUT2D eigenvalue weighted by Crippen LogP contribution is 2.24. The molecule has 20 heavy (non-hydrogen) atoms. The van der Waals surface area contributed by atoms with Crippen molar-refractivity contribution in [1.82, 2.24) is 5.32 Å². The van der Waals surface area contributed by atoms with Crippen LogP contribution in [0.5, 0.6) is 5.75 Å². The van der Waals surface area contributed by atoms with Crippen molar-refractivity contribution in [2.75, 3.05) is 33.5 Å². The van der Waals surface area contributed by atoms with E-state index < -0.39 is 0 Å². The van der Waals surface area contributed by atoms with Gasteiger partial charge in [-0.3, -0.25) is 0 Å². The number of benzene rings is 1. The summed E-state index contributed by atoms with van der Waals surface area (Å²) in [5, 5.41) is 3.34. The normalized spacial score (nSPS) is 19.0. The van der Waals surface area contributed by atoms with Gasteiger partial charge in [0, 0.05) is 31.3 Å². The average molecular weight is 344 g/mol. The highest BCUT2D eigenvalue weighted by molar-refractivity contribution is 9.10. The molecule has 0 aromatic heterocycles. The van der Waals surface area contributed by atoms with Crippen LogP contribution in [0.15, 0.2) is 22.7 Å². The van der Waals surface area contributed by atoms with Crippen molar-refractivity contribution in [1.29, 1.82) is 0 Å². The molecule has 0 spiro atoms. The Hall–Kier alpha value is -0.620. The van der Waals surface area contributed by atoms with Gasteiger partial charge >= 0.3 is 0 Å². The molecule has 1 aliphatic rings. The second kappa shape index (κ2) is 8.62. The third kappa shape index (κ3) is 5.05. The molecule has 0 saturated carbocycles. The van der Waals surface area contributed by atoms with Crippen LogP contribution in [0.25, 0.3) is 0 Å². The summed E-state index contributed by atoms with van der Waals surface area (Å²) in [4.78, 5) is 0. The van der Waals surface area contributed by atoms with Gasteiger partial charge in [0.15, 0.2) is 0 Å². The number of rotatable bonds is 7. The minimum Gasteiger partial charge on any atom is -0.488 e. The van der Waals surface area contributed by atoms with Gasteiger partial charge < -0.3 is 19.5 Å². The van der Waals surface area contributed by atoms with Gasteiger partial charge in [0.25, 0.3) is 0 Å². The zero-order chi connectivity index (χ0) is 14.2. The van der Waals surface area contributed by atoms with Crippen LogP contribution in [-0.2, 0) is 16.0 Å². The third-order valence-corrected chi connectivity index (χ3v) is 4.01. The van der Waals surface area contributed by atoms with Gasteiger partial charge in [0.1, 0.15) is 11.9 Å². The molecule has 112 valence electrons. The van der Waals surface area contributed by atoms with Crippen LogP contribution in [-0.4, -0.2) is 39.6 Å². The molecule has 1 fully saturated rings. The predicted octanol–water partition coefficient (Wildman–Crippen LogP) is 2.74. The number of hydrogen-bond acceptors (Lipinski definition) is 4. The van der Waals surface area contributed by atoms with E-state index in [1.165, 1.54) is 5.56 Å². The van der Waals surface area contributed by atoms with Gasteiger partial charge in [-0.15, -0.1) is 0 Å². The Morgan fingerprint density at radius 2 is 2.35 bits per heavy atom. The molecule has 4 nitrogen and oxygen atoms in total. The van der Waals surface area contributed by atoms with Crippen LogP contribution >= 0.6 is 15.9 Å². The maximum Gasteiger partial charge on any atom is 0.122 e. The van der Waals surface area contributed by atoms with Crippen molar-refractivity contribution in [3.8, 4) is 5.75 Å². The lowest BCUT2D eigenvalue weighted by atomic mass is 10.1. The Kier molecular flexibility index (Phi) is 6.79. The topological polar surface area (TPSA) is 39.7 Å². The van der Waals surface area contributed by atoms with Crippen LogP contribution in [0.2, 0.25) is 0 Å². The van der Waals surface area contributed by atoms with Crippen LogP contribution < -0.4 is 10.1 Å². The van der Waals surface area contributed by atoms with E-state index in [2.05, 4.69) is 27.3 Å². The third-order valence-electron chi connectivity index (χ3n) is 3.24. The standard InChI is InChI=1S/C15H22BrNO3/c1-18-8-6-17-10-12-9-13(4-5-15(12)16)20-14-3-2-7-19-11-14/h4-5,9,14,17H,2-3,6-8,10-11H2,1H3. The van der Waals surface area contributed by atoms with Gasteiger partial charge in [-0.25, -0.2) is 0 Å². The van der Waals surface area contributed by atoms with Gasteiger partial charge in [-0.05, 0) is 36.6 Å². The molecule has 0 bridgehead atoms. The summed E-state index contributed by atoms with van der Waals surface area (Å²) < 4.78 is 17.5. The van der Waals surface area contributed by atoms with E-state index in [4.69, 9.17) is 14.2 Å². The van der Waals surface area contributed by atoms with E-state index in [-0.39, 0.29) is 6.10 Å². The molecule has 1 atom stereocenters. The zero-order valence-corrected chi connectivity index (χ0v) is 13.4. The van der Waals surface area contributed by atoms with E-state index >= 15 is 0 Å². The highest BCUT2D eigenvalue weighted by atomic mass is 79.9. The maximum absolute atomic E-state index is 5.98. The minimum absolute atomic E-state index is 0.180. The number of methoxy groups -OCH3 is 1. The second-order valence-electron chi connectivity index (χ2n) is 4.88. The fourth-order valence-corrected chi connectivity index (χ4v) is 2.54. The quantitative estimate of drug-likeness (QED) is 0.772. The van der Waals surface area contributed by atoms with Gasteiger partial charge in [-0.2, -0.15) is 0 Å². The van der Waals surface area contributed by atoms with Crippen LogP contribution in [0.1, 0.15) is 18.4 Å². The first-order valence-electron chi connectivity index (χ1n) is 7.02. The maximum atomic E-state index is 5.98. The fourth-order valence-electron chi connectivity index (χ4n) is 2.15. The molecular weight excluding hydrogens is 322 g/mol. The van der Waals surface area contributed by atoms with Gasteiger partial charge in [0.2, 0.25) is 0 Å². The molecule has 0 radical (unpaired) electrons. The Labute approximate surface area is 128 Å². The summed E-state index contributed by atoms with van der Waals surface area (Å²) in [7, 11) is 1.71. The van der Waals surface area contributed by atoms with Gasteiger partial charge in [-0.1, -0.05) is 15.9 Å². The Morgan fingerprint density at radius 3 is 3.10 bits per heavy atom. The largest absolute Gasteiger partial charge is 0.488 e. The predicted molar refractivity (Wildman–Crippen MR) is 82.2 cm³/mol. The molecule has 1 aromatic rings. The average Bonchev–Trinajstić information content (AvgIpc) is 2.48. The van der Waals surface area contributed by atoms with Crippen molar-refractivity contribution in [3.05, 3.63) is 28.2 Å². The first-order chi connectivity index (χ1) is 9.79. The first-order valence-corrected chi connectivity index (χ1v) is 7.81. The molecule has 1 heterocycles. The first kappa shape index (κ1) is 15.8. The van der Waals surface area contributed by atoms with Gasteiger partial charge in [0.05, 0.1) is 13.2 Å².